The molecular formula is C22H13NO4. The molecule has 1 aliphatic rings. The molecule has 0 fully saturated rings. The minimum absolute atomic E-state index is 0.0244. The number of ether oxygens (including phenoxy) is 1. The summed E-state index contributed by atoms with van der Waals surface area (Å²) in [5.41, 5.74) is 1.85. The Balaban J connectivity index is 1.84. The number of rotatable bonds is 2. The molecule has 130 valence electrons. The predicted octanol–water partition coefficient (Wildman–Crippen LogP) is 4.28. The summed E-state index contributed by atoms with van der Waals surface area (Å²) in [7, 11) is 1.56. The maximum absolute atomic E-state index is 13.2. The fourth-order valence-electron chi connectivity index (χ4n) is 3.63. The number of methoxy groups -OCH3 is 1. The molecule has 5 nitrogen and oxygen atoms in total. The van der Waals surface area contributed by atoms with Crippen molar-refractivity contribution in [3.8, 4) is 17.0 Å². The fourth-order valence-corrected chi connectivity index (χ4v) is 3.63. The lowest BCUT2D eigenvalue weighted by atomic mass is 9.85. The van der Waals surface area contributed by atoms with Gasteiger partial charge in [-0.05, 0) is 16.8 Å². The third kappa shape index (κ3) is 2.08. The van der Waals surface area contributed by atoms with Crippen molar-refractivity contribution < 1.29 is 18.8 Å². The smallest absolute Gasteiger partial charge is 0.232 e. The van der Waals surface area contributed by atoms with Gasteiger partial charge < -0.3 is 9.26 Å². The van der Waals surface area contributed by atoms with Crippen LogP contribution >= 0.6 is 0 Å². The Morgan fingerprint density at radius 3 is 2.30 bits per heavy atom. The van der Waals surface area contributed by atoms with Crippen molar-refractivity contribution in [2.45, 2.75) is 0 Å². The van der Waals surface area contributed by atoms with Crippen LogP contribution in [0.3, 0.4) is 0 Å². The van der Waals surface area contributed by atoms with Crippen LogP contribution in [0.1, 0.15) is 32.0 Å². The molecule has 1 heterocycles. The largest absolute Gasteiger partial charge is 0.496 e. The summed E-state index contributed by atoms with van der Waals surface area (Å²) in [5, 5.41) is 5.95. The number of hydrogen-bond donors (Lipinski definition) is 0. The second-order valence-electron chi connectivity index (χ2n) is 6.30. The fraction of sp³-hybridized carbons (Fsp3) is 0.0455. The zero-order valence-electron chi connectivity index (χ0n) is 14.4. The van der Waals surface area contributed by atoms with E-state index in [1.807, 2.05) is 36.4 Å². The number of nitrogens with zero attached hydrogens (tertiary/aromatic N) is 1. The molecule has 5 heteroatoms. The number of benzene rings is 3. The predicted molar refractivity (Wildman–Crippen MR) is 99.3 cm³/mol. The maximum atomic E-state index is 13.2. The van der Waals surface area contributed by atoms with Gasteiger partial charge in [-0.2, -0.15) is 0 Å². The minimum Gasteiger partial charge on any atom is -0.496 e. The van der Waals surface area contributed by atoms with Crippen LogP contribution in [0.2, 0.25) is 0 Å². The highest BCUT2D eigenvalue weighted by molar-refractivity contribution is 6.29. The normalized spacial score (nSPS) is 12.8. The van der Waals surface area contributed by atoms with Gasteiger partial charge in [0.25, 0.3) is 0 Å². The molecule has 0 unspecified atom stereocenters. The van der Waals surface area contributed by atoms with Gasteiger partial charge in [0.05, 0.1) is 12.7 Å². The average Bonchev–Trinajstić information content (AvgIpc) is 3.16. The van der Waals surface area contributed by atoms with Crippen LogP contribution in [0.5, 0.6) is 5.75 Å². The van der Waals surface area contributed by atoms with Gasteiger partial charge in [0.2, 0.25) is 11.5 Å². The molecule has 0 aliphatic heterocycles. The lowest BCUT2D eigenvalue weighted by Gasteiger charge is -2.14. The van der Waals surface area contributed by atoms with E-state index in [1.54, 1.807) is 31.4 Å². The monoisotopic (exact) mass is 355 g/mol. The molecule has 1 aliphatic carbocycles. The van der Waals surface area contributed by atoms with Gasteiger partial charge in [0.1, 0.15) is 17.0 Å². The van der Waals surface area contributed by atoms with E-state index in [0.717, 1.165) is 10.8 Å². The van der Waals surface area contributed by atoms with Crippen molar-refractivity contribution in [2.75, 3.05) is 7.11 Å². The SMILES string of the molecule is COc1ccc2ccccc2c1-c1noc2c1C(=O)c1ccccc1C2=O. The van der Waals surface area contributed by atoms with E-state index in [1.165, 1.54) is 0 Å². The summed E-state index contributed by atoms with van der Waals surface area (Å²) in [6, 6.07) is 18.2. The Bertz CT molecular complexity index is 1250. The molecule has 27 heavy (non-hydrogen) atoms. The highest BCUT2D eigenvalue weighted by Crippen LogP contribution is 2.41. The number of aromatic nitrogens is 1. The van der Waals surface area contributed by atoms with E-state index in [2.05, 4.69) is 5.16 Å². The molecule has 0 N–H and O–H groups in total. The first-order valence-electron chi connectivity index (χ1n) is 8.45. The number of fused-ring (bicyclic) bond motifs is 3. The summed E-state index contributed by atoms with van der Waals surface area (Å²) in [6.45, 7) is 0. The quantitative estimate of drug-likeness (QED) is 0.473. The Hall–Kier alpha value is -3.73. The van der Waals surface area contributed by atoms with Crippen LogP contribution in [0.4, 0.5) is 0 Å². The van der Waals surface area contributed by atoms with Crippen molar-refractivity contribution in [2.24, 2.45) is 0 Å². The zero-order chi connectivity index (χ0) is 18.5. The summed E-state index contributed by atoms with van der Waals surface area (Å²) in [6.07, 6.45) is 0. The molecule has 0 saturated heterocycles. The number of hydrogen-bond acceptors (Lipinski definition) is 5. The van der Waals surface area contributed by atoms with Crippen LogP contribution in [0, 0.1) is 0 Å². The molecular weight excluding hydrogens is 342 g/mol. The third-order valence-corrected chi connectivity index (χ3v) is 4.89. The molecule has 0 bridgehead atoms. The van der Waals surface area contributed by atoms with Gasteiger partial charge in [-0.3, -0.25) is 9.59 Å². The van der Waals surface area contributed by atoms with Gasteiger partial charge >= 0.3 is 0 Å². The van der Waals surface area contributed by atoms with Gasteiger partial charge in [0, 0.05) is 11.1 Å². The van der Waals surface area contributed by atoms with Crippen molar-refractivity contribution in [3.05, 3.63) is 83.1 Å². The molecule has 4 aromatic rings. The average molecular weight is 355 g/mol. The van der Waals surface area contributed by atoms with Crippen molar-refractivity contribution in [3.63, 3.8) is 0 Å². The van der Waals surface area contributed by atoms with Gasteiger partial charge in [-0.15, -0.1) is 0 Å². The van der Waals surface area contributed by atoms with Crippen molar-refractivity contribution in [1.82, 2.24) is 5.16 Å². The Labute approximate surface area is 154 Å². The lowest BCUT2D eigenvalue weighted by Crippen LogP contribution is -2.19. The molecule has 0 spiro atoms. The first-order chi connectivity index (χ1) is 13.2. The summed E-state index contributed by atoms with van der Waals surface area (Å²) in [5.74, 6) is -0.0721. The molecule has 0 atom stereocenters. The van der Waals surface area contributed by atoms with E-state index in [-0.39, 0.29) is 22.9 Å². The minimum atomic E-state index is -0.335. The second kappa shape index (κ2) is 5.64. The summed E-state index contributed by atoms with van der Waals surface area (Å²) < 4.78 is 10.9. The number of ketones is 2. The molecule has 3 aromatic carbocycles. The van der Waals surface area contributed by atoms with Crippen LogP contribution in [0.15, 0.2) is 65.2 Å². The summed E-state index contributed by atoms with van der Waals surface area (Å²) >= 11 is 0. The van der Waals surface area contributed by atoms with Gasteiger partial charge in [0.15, 0.2) is 5.78 Å². The maximum Gasteiger partial charge on any atom is 0.232 e. The molecule has 0 radical (unpaired) electrons. The Morgan fingerprint density at radius 2 is 1.52 bits per heavy atom. The van der Waals surface area contributed by atoms with E-state index >= 15 is 0 Å². The van der Waals surface area contributed by atoms with E-state index in [0.29, 0.717) is 28.1 Å². The van der Waals surface area contributed by atoms with Gasteiger partial charge in [-0.25, -0.2) is 0 Å². The first-order valence-corrected chi connectivity index (χ1v) is 8.45. The van der Waals surface area contributed by atoms with E-state index in [9.17, 15) is 9.59 Å². The van der Waals surface area contributed by atoms with Crippen molar-refractivity contribution in [1.29, 1.82) is 0 Å². The van der Waals surface area contributed by atoms with E-state index in [4.69, 9.17) is 9.26 Å². The number of carbonyl (C=O) groups is 2. The Kier molecular flexibility index (Phi) is 3.24. The zero-order valence-corrected chi connectivity index (χ0v) is 14.4. The second-order valence-corrected chi connectivity index (χ2v) is 6.30. The van der Waals surface area contributed by atoms with Crippen LogP contribution in [-0.2, 0) is 0 Å². The molecule has 0 amide bonds. The van der Waals surface area contributed by atoms with Crippen LogP contribution in [0.25, 0.3) is 22.0 Å². The standard InChI is InChI=1S/C22H13NO4/c1-26-16-11-10-12-6-2-3-7-13(12)17(16)19-18-20(24)14-8-4-5-9-15(14)21(25)22(18)27-23-19/h2-11H,1H3. The lowest BCUT2D eigenvalue weighted by molar-refractivity contribution is 0.0955. The van der Waals surface area contributed by atoms with E-state index < -0.39 is 0 Å². The first kappa shape index (κ1) is 15.5. The molecule has 0 saturated carbocycles. The van der Waals surface area contributed by atoms with Gasteiger partial charge in [-0.1, -0.05) is 59.8 Å². The Morgan fingerprint density at radius 1 is 0.815 bits per heavy atom. The van der Waals surface area contributed by atoms with Crippen LogP contribution in [-0.4, -0.2) is 23.8 Å². The molecule has 1 aromatic heterocycles. The topological polar surface area (TPSA) is 69.4 Å². The van der Waals surface area contributed by atoms with Crippen molar-refractivity contribution >= 4 is 22.3 Å². The molecule has 5 rings (SSSR count). The van der Waals surface area contributed by atoms with Crippen LogP contribution < -0.4 is 4.74 Å². The third-order valence-electron chi connectivity index (χ3n) is 4.89. The highest BCUT2D eigenvalue weighted by Gasteiger charge is 2.37. The summed E-state index contributed by atoms with van der Waals surface area (Å²) in [4.78, 5) is 26.0. The highest BCUT2D eigenvalue weighted by atomic mass is 16.5. The number of carbonyl (C=O) groups excluding carboxylic acids is 2.